The number of rotatable bonds is 4. The number of benzene rings is 1. The predicted octanol–water partition coefficient (Wildman–Crippen LogP) is 4.59. The Kier molecular flexibility index (Phi) is 5.84. The van der Waals surface area contributed by atoms with Crippen molar-refractivity contribution < 1.29 is 8.42 Å². The van der Waals surface area contributed by atoms with Crippen LogP contribution in [0.15, 0.2) is 46.3 Å². The summed E-state index contributed by atoms with van der Waals surface area (Å²) in [6, 6.07) is 6.79. The van der Waals surface area contributed by atoms with Gasteiger partial charge in [-0.05, 0) is 59.6 Å². The van der Waals surface area contributed by atoms with Crippen LogP contribution < -0.4 is 4.72 Å². The average Bonchev–Trinajstić information content (AvgIpc) is 2.45. The highest BCUT2D eigenvalue weighted by Crippen LogP contribution is 2.38. The summed E-state index contributed by atoms with van der Waals surface area (Å²) in [5.74, 6) is 0.683. The molecule has 1 aliphatic carbocycles. The van der Waals surface area contributed by atoms with Gasteiger partial charge in [-0.3, -0.25) is 9.71 Å². The van der Waals surface area contributed by atoms with Crippen LogP contribution in [-0.2, 0) is 10.0 Å². The average molecular weight is 427 g/mol. The molecular formula is C19H27BrN2O2S. The van der Waals surface area contributed by atoms with Crippen molar-refractivity contribution in [3.8, 4) is 0 Å². The molecule has 2 atom stereocenters. The maximum atomic E-state index is 12.5. The van der Waals surface area contributed by atoms with Gasteiger partial charge in [0.15, 0.2) is 0 Å². The molecule has 1 aliphatic rings. The number of sulfonamides is 1. The summed E-state index contributed by atoms with van der Waals surface area (Å²) in [7, 11) is -3.60. The van der Waals surface area contributed by atoms with E-state index in [4.69, 9.17) is 0 Å². The summed E-state index contributed by atoms with van der Waals surface area (Å²) in [4.78, 5) is 4.92. The number of hydrogen-bond acceptors (Lipinski definition) is 3. The molecule has 1 N–H and O–H groups in total. The van der Waals surface area contributed by atoms with Gasteiger partial charge in [0.05, 0.1) is 10.4 Å². The summed E-state index contributed by atoms with van der Waals surface area (Å²) < 4.78 is 27.6. The zero-order chi connectivity index (χ0) is 18.9. The summed E-state index contributed by atoms with van der Waals surface area (Å²) in [6.45, 7) is 9.87. The van der Waals surface area contributed by atoms with E-state index in [1.165, 1.54) is 0 Å². The Balaban J connectivity index is 2.16. The molecule has 0 saturated heterocycles. The van der Waals surface area contributed by atoms with Crippen LogP contribution in [0.1, 0.15) is 46.1 Å². The van der Waals surface area contributed by atoms with E-state index >= 15 is 0 Å². The largest absolute Gasteiger partial charge is 0.267 e. The highest BCUT2D eigenvalue weighted by molar-refractivity contribution is 9.10. The first-order valence-electron chi connectivity index (χ1n) is 8.45. The van der Waals surface area contributed by atoms with Crippen LogP contribution in [0.25, 0.3) is 0 Å². The number of hydrogen-bond donors (Lipinski definition) is 1. The SMILES string of the molecule is CC(=NC(C)(C)[C@H]1C=C[C@](C)(Br)CC1)NS(=O)(=O)c1ccc(C)cc1. The van der Waals surface area contributed by atoms with Crippen LogP contribution in [0.3, 0.4) is 0 Å². The standard InChI is InChI=1S/C19H27BrN2O2S/c1-14-6-8-17(9-7-14)25(23,24)22-15(2)21-18(3,4)16-10-12-19(5,20)13-11-16/h6-10,12,16H,11,13H2,1-5H3,(H,21,22)/t16-,19-/m0/s1. The molecule has 0 amide bonds. The van der Waals surface area contributed by atoms with Gasteiger partial charge in [-0.15, -0.1) is 0 Å². The Hall–Kier alpha value is -1.14. The lowest BCUT2D eigenvalue weighted by atomic mass is 9.78. The van der Waals surface area contributed by atoms with Crippen LogP contribution in [0.5, 0.6) is 0 Å². The fraction of sp³-hybridized carbons (Fsp3) is 0.526. The van der Waals surface area contributed by atoms with Gasteiger partial charge in [-0.1, -0.05) is 45.8 Å². The minimum atomic E-state index is -3.60. The van der Waals surface area contributed by atoms with Crippen LogP contribution in [0, 0.1) is 12.8 Å². The Bertz CT molecular complexity index is 778. The minimum absolute atomic E-state index is 0.0470. The van der Waals surface area contributed by atoms with Gasteiger partial charge in [0.2, 0.25) is 0 Å². The molecule has 0 saturated carbocycles. The first-order chi connectivity index (χ1) is 11.4. The molecule has 0 aromatic heterocycles. The topological polar surface area (TPSA) is 58.5 Å². The van der Waals surface area contributed by atoms with Crippen molar-refractivity contribution in [2.45, 2.75) is 62.2 Å². The molecule has 0 fully saturated rings. The second-order valence-electron chi connectivity index (χ2n) is 7.55. The van der Waals surface area contributed by atoms with Gasteiger partial charge < -0.3 is 0 Å². The summed E-state index contributed by atoms with van der Waals surface area (Å²) in [5, 5.41) is 0. The maximum absolute atomic E-state index is 12.5. The maximum Gasteiger partial charge on any atom is 0.262 e. The van der Waals surface area contributed by atoms with Crippen molar-refractivity contribution >= 4 is 31.8 Å². The van der Waals surface area contributed by atoms with Crippen LogP contribution >= 0.6 is 15.9 Å². The van der Waals surface area contributed by atoms with Crippen LogP contribution in [-0.4, -0.2) is 24.1 Å². The summed E-state index contributed by atoms with van der Waals surface area (Å²) >= 11 is 3.69. The van der Waals surface area contributed by atoms with Gasteiger partial charge in [-0.25, -0.2) is 8.42 Å². The third-order valence-corrected chi connectivity index (χ3v) is 6.71. The molecule has 6 heteroatoms. The molecule has 0 aliphatic heterocycles. The van der Waals surface area contributed by atoms with E-state index in [1.54, 1.807) is 31.2 Å². The lowest BCUT2D eigenvalue weighted by Crippen LogP contribution is -2.36. The van der Waals surface area contributed by atoms with Crippen molar-refractivity contribution in [2.24, 2.45) is 10.9 Å². The molecule has 1 aromatic rings. The van der Waals surface area contributed by atoms with Gasteiger partial charge in [0.1, 0.15) is 5.84 Å². The lowest BCUT2D eigenvalue weighted by molar-refractivity contribution is 0.339. The van der Waals surface area contributed by atoms with Crippen LogP contribution in [0.4, 0.5) is 0 Å². The number of nitrogens with zero attached hydrogens (tertiary/aromatic N) is 1. The van der Waals surface area contributed by atoms with E-state index in [2.05, 4.69) is 44.7 Å². The van der Waals surface area contributed by atoms with Crippen molar-refractivity contribution in [1.82, 2.24) is 4.72 Å². The van der Waals surface area contributed by atoms with Gasteiger partial charge in [0, 0.05) is 10.2 Å². The van der Waals surface area contributed by atoms with Gasteiger partial charge in [-0.2, -0.15) is 0 Å². The van der Waals surface area contributed by atoms with Crippen molar-refractivity contribution in [2.75, 3.05) is 0 Å². The summed E-state index contributed by atoms with van der Waals surface area (Å²) in [5.41, 5.74) is 0.647. The first-order valence-corrected chi connectivity index (χ1v) is 10.7. The Morgan fingerprint density at radius 3 is 2.44 bits per heavy atom. The Labute approximate surface area is 160 Å². The number of amidine groups is 1. The molecular weight excluding hydrogens is 400 g/mol. The third kappa shape index (κ3) is 5.42. The molecule has 0 unspecified atom stereocenters. The molecule has 1 aromatic carbocycles. The molecule has 138 valence electrons. The second-order valence-corrected chi connectivity index (χ2v) is 11.0. The number of allylic oxidation sites excluding steroid dienone is 1. The number of aliphatic imine (C=N–C) groups is 1. The van der Waals surface area contributed by atoms with Crippen molar-refractivity contribution in [1.29, 1.82) is 0 Å². The molecule has 0 heterocycles. The fourth-order valence-electron chi connectivity index (χ4n) is 3.03. The lowest BCUT2D eigenvalue weighted by Gasteiger charge is -2.35. The highest BCUT2D eigenvalue weighted by Gasteiger charge is 2.33. The number of nitrogens with one attached hydrogen (secondary N) is 1. The smallest absolute Gasteiger partial charge is 0.262 e. The fourth-order valence-corrected chi connectivity index (χ4v) is 4.46. The molecule has 2 rings (SSSR count). The zero-order valence-electron chi connectivity index (χ0n) is 15.5. The van der Waals surface area contributed by atoms with E-state index in [0.717, 1.165) is 18.4 Å². The molecule has 4 nitrogen and oxygen atoms in total. The van der Waals surface area contributed by atoms with Gasteiger partial charge >= 0.3 is 0 Å². The Morgan fingerprint density at radius 2 is 1.92 bits per heavy atom. The number of aryl methyl sites for hydroxylation is 1. The quantitative estimate of drug-likeness (QED) is 0.331. The number of halogens is 1. The normalized spacial score (nSPS) is 25.0. The van der Waals surface area contributed by atoms with Crippen LogP contribution in [0.2, 0.25) is 0 Å². The summed E-state index contributed by atoms with van der Waals surface area (Å²) in [6.07, 6.45) is 6.39. The molecule has 0 spiro atoms. The minimum Gasteiger partial charge on any atom is -0.267 e. The van der Waals surface area contributed by atoms with E-state index in [-0.39, 0.29) is 20.7 Å². The third-order valence-electron chi connectivity index (χ3n) is 4.60. The first kappa shape index (κ1) is 20.2. The Morgan fingerprint density at radius 1 is 1.32 bits per heavy atom. The zero-order valence-corrected chi connectivity index (χ0v) is 17.9. The molecule has 0 radical (unpaired) electrons. The second kappa shape index (κ2) is 7.23. The highest BCUT2D eigenvalue weighted by atomic mass is 79.9. The monoisotopic (exact) mass is 426 g/mol. The van der Waals surface area contributed by atoms with E-state index in [9.17, 15) is 8.42 Å². The van der Waals surface area contributed by atoms with E-state index in [1.807, 2.05) is 20.8 Å². The van der Waals surface area contributed by atoms with Crippen molar-refractivity contribution in [3.63, 3.8) is 0 Å². The molecule has 25 heavy (non-hydrogen) atoms. The van der Waals surface area contributed by atoms with E-state index < -0.39 is 10.0 Å². The number of alkyl halides is 1. The molecule has 0 bridgehead atoms. The predicted molar refractivity (Wildman–Crippen MR) is 108 cm³/mol. The van der Waals surface area contributed by atoms with Gasteiger partial charge in [0.25, 0.3) is 10.0 Å². The van der Waals surface area contributed by atoms with Crippen molar-refractivity contribution in [3.05, 3.63) is 42.0 Å². The van der Waals surface area contributed by atoms with E-state index in [0.29, 0.717) is 5.84 Å².